The number of carbonyl (C=O) groups is 1. The maximum absolute atomic E-state index is 11.9. The summed E-state index contributed by atoms with van der Waals surface area (Å²) >= 11 is 0. The van der Waals surface area contributed by atoms with Crippen LogP contribution in [0.25, 0.3) is 0 Å². The van der Waals surface area contributed by atoms with Crippen LogP contribution in [0.3, 0.4) is 0 Å². The molecule has 18 heavy (non-hydrogen) atoms. The highest BCUT2D eigenvalue weighted by Crippen LogP contribution is 2.29. The minimum Gasteiger partial charge on any atom is -0.396 e. The number of aliphatic hydroxyl groups is 1. The molecule has 106 valence electrons. The molecule has 1 aliphatic carbocycles. The molecule has 0 aliphatic heterocycles. The van der Waals surface area contributed by atoms with Crippen LogP contribution in [0, 0.1) is 11.8 Å². The minimum atomic E-state index is -0.0822. The summed E-state index contributed by atoms with van der Waals surface area (Å²) in [7, 11) is 0. The Hall–Kier alpha value is -0.770. The third-order valence-electron chi connectivity index (χ3n) is 4.33. The first-order chi connectivity index (χ1) is 8.58. The Balaban J connectivity index is 2.38. The predicted molar refractivity (Wildman–Crippen MR) is 73.4 cm³/mol. The maximum atomic E-state index is 11.9. The Morgan fingerprint density at radius 2 is 2.11 bits per heavy atom. The van der Waals surface area contributed by atoms with Crippen molar-refractivity contribution >= 4 is 6.03 Å². The smallest absolute Gasteiger partial charge is 0.315 e. The van der Waals surface area contributed by atoms with E-state index in [-0.39, 0.29) is 18.7 Å². The lowest BCUT2D eigenvalue weighted by Crippen LogP contribution is -2.50. The van der Waals surface area contributed by atoms with Gasteiger partial charge in [0.2, 0.25) is 0 Å². The zero-order chi connectivity index (χ0) is 13.5. The van der Waals surface area contributed by atoms with Gasteiger partial charge >= 0.3 is 6.03 Å². The van der Waals surface area contributed by atoms with Crippen molar-refractivity contribution in [3.05, 3.63) is 0 Å². The zero-order valence-electron chi connectivity index (χ0n) is 11.9. The second kappa shape index (κ2) is 7.62. The van der Waals surface area contributed by atoms with Gasteiger partial charge in [-0.3, -0.25) is 0 Å². The minimum absolute atomic E-state index is 0.0753. The molecule has 0 saturated heterocycles. The monoisotopic (exact) mass is 256 g/mol. The van der Waals surface area contributed by atoms with E-state index >= 15 is 0 Å². The van der Waals surface area contributed by atoms with E-state index in [1.165, 1.54) is 12.8 Å². The summed E-state index contributed by atoms with van der Waals surface area (Å²) in [5, 5.41) is 14.9. The number of rotatable bonds is 5. The Labute approximate surface area is 111 Å². The van der Waals surface area contributed by atoms with Gasteiger partial charge in [-0.05, 0) is 31.1 Å². The number of urea groups is 1. The van der Waals surface area contributed by atoms with Crippen LogP contribution < -0.4 is 10.6 Å². The molecule has 4 atom stereocenters. The van der Waals surface area contributed by atoms with Crippen LogP contribution in [0.1, 0.15) is 52.9 Å². The van der Waals surface area contributed by atoms with Gasteiger partial charge in [0.25, 0.3) is 0 Å². The first-order valence-electron chi connectivity index (χ1n) is 7.26. The van der Waals surface area contributed by atoms with Crippen LogP contribution in [0.2, 0.25) is 0 Å². The lowest BCUT2D eigenvalue weighted by Gasteiger charge is -2.34. The second-order valence-electron chi connectivity index (χ2n) is 5.61. The molecule has 1 fully saturated rings. The third-order valence-corrected chi connectivity index (χ3v) is 4.33. The lowest BCUT2D eigenvalue weighted by molar-refractivity contribution is 0.190. The van der Waals surface area contributed by atoms with Crippen molar-refractivity contribution < 1.29 is 9.90 Å². The molecule has 0 spiro atoms. The molecule has 0 aromatic rings. The van der Waals surface area contributed by atoms with E-state index in [4.69, 9.17) is 5.11 Å². The number of hydrogen-bond donors (Lipinski definition) is 3. The lowest BCUT2D eigenvalue weighted by atomic mass is 9.78. The van der Waals surface area contributed by atoms with Gasteiger partial charge in [-0.25, -0.2) is 4.79 Å². The van der Waals surface area contributed by atoms with E-state index in [2.05, 4.69) is 24.5 Å². The molecule has 4 unspecified atom stereocenters. The fourth-order valence-electron chi connectivity index (χ4n) is 2.72. The van der Waals surface area contributed by atoms with Crippen LogP contribution in [0.15, 0.2) is 0 Å². The Morgan fingerprint density at radius 1 is 1.39 bits per heavy atom. The largest absolute Gasteiger partial charge is 0.396 e. The topological polar surface area (TPSA) is 61.4 Å². The van der Waals surface area contributed by atoms with Crippen molar-refractivity contribution in [2.45, 2.75) is 65.0 Å². The number of nitrogens with one attached hydrogen (secondary N) is 2. The van der Waals surface area contributed by atoms with Gasteiger partial charge in [0.1, 0.15) is 0 Å². The number of aliphatic hydroxyl groups excluding tert-OH is 1. The Kier molecular flexibility index (Phi) is 6.47. The summed E-state index contributed by atoms with van der Waals surface area (Å²) < 4.78 is 0. The normalized spacial score (nSPS) is 29.7. The predicted octanol–water partition coefficient (Wildman–Crippen LogP) is 2.27. The molecule has 0 aromatic heterocycles. The summed E-state index contributed by atoms with van der Waals surface area (Å²) in [5.74, 6) is 1.23. The van der Waals surface area contributed by atoms with E-state index in [1.807, 2.05) is 6.92 Å². The SMILES string of the molecule is CCC(CCO)NC(=O)NC1CCCC(C)C1C. The molecule has 4 nitrogen and oxygen atoms in total. The highest BCUT2D eigenvalue weighted by Gasteiger charge is 2.28. The zero-order valence-corrected chi connectivity index (χ0v) is 11.9. The van der Waals surface area contributed by atoms with Gasteiger partial charge in [0, 0.05) is 18.7 Å². The van der Waals surface area contributed by atoms with Gasteiger partial charge in [-0.2, -0.15) is 0 Å². The molecule has 4 heteroatoms. The van der Waals surface area contributed by atoms with Crippen molar-refractivity contribution in [2.75, 3.05) is 6.61 Å². The molecule has 1 rings (SSSR count). The number of carbonyl (C=O) groups excluding carboxylic acids is 1. The van der Waals surface area contributed by atoms with E-state index in [1.54, 1.807) is 0 Å². The van der Waals surface area contributed by atoms with E-state index in [9.17, 15) is 4.79 Å². The summed E-state index contributed by atoms with van der Waals surface area (Å²) in [6.45, 7) is 6.62. The third kappa shape index (κ3) is 4.48. The number of hydrogen-bond acceptors (Lipinski definition) is 2. The van der Waals surface area contributed by atoms with Gasteiger partial charge in [-0.15, -0.1) is 0 Å². The summed E-state index contributed by atoms with van der Waals surface area (Å²) in [4.78, 5) is 11.9. The summed E-state index contributed by atoms with van der Waals surface area (Å²) in [6, 6.07) is 0.285. The number of amides is 2. The van der Waals surface area contributed by atoms with Crippen molar-refractivity contribution in [1.29, 1.82) is 0 Å². The second-order valence-corrected chi connectivity index (χ2v) is 5.61. The fourth-order valence-corrected chi connectivity index (χ4v) is 2.72. The van der Waals surface area contributed by atoms with Gasteiger partial charge in [0.05, 0.1) is 0 Å². The molecule has 2 amide bonds. The molecule has 0 bridgehead atoms. The molecular weight excluding hydrogens is 228 g/mol. The molecular formula is C14H28N2O2. The Morgan fingerprint density at radius 3 is 2.72 bits per heavy atom. The van der Waals surface area contributed by atoms with Crippen LogP contribution in [-0.2, 0) is 0 Å². The highest BCUT2D eigenvalue weighted by molar-refractivity contribution is 5.74. The van der Waals surface area contributed by atoms with Crippen molar-refractivity contribution in [3.8, 4) is 0 Å². The van der Waals surface area contributed by atoms with Crippen LogP contribution in [0.4, 0.5) is 4.79 Å². The van der Waals surface area contributed by atoms with Crippen LogP contribution in [-0.4, -0.2) is 29.8 Å². The molecule has 0 radical (unpaired) electrons. The maximum Gasteiger partial charge on any atom is 0.315 e. The first kappa shape index (κ1) is 15.3. The van der Waals surface area contributed by atoms with E-state index < -0.39 is 0 Å². The van der Waals surface area contributed by atoms with Crippen molar-refractivity contribution in [2.24, 2.45) is 11.8 Å². The first-order valence-corrected chi connectivity index (χ1v) is 7.26. The van der Waals surface area contributed by atoms with Crippen LogP contribution in [0.5, 0.6) is 0 Å². The van der Waals surface area contributed by atoms with Gasteiger partial charge in [-0.1, -0.05) is 33.6 Å². The van der Waals surface area contributed by atoms with E-state index in [0.717, 1.165) is 12.8 Å². The van der Waals surface area contributed by atoms with Gasteiger partial charge in [0.15, 0.2) is 0 Å². The quantitative estimate of drug-likeness (QED) is 0.706. The van der Waals surface area contributed by atoms with Crippen LogP contribution >= 0.6 is 0 Å². The highest BCUT2D eigenvalue weighted by atomic mass is 16.3. The molecule has 1 saturated carbocycles. The standard InChI is InChI=1S/C14H28N2O2/c1-4-12(8-9-17)15-14(18)16-13-7-5-6-10(2)11(13)3/h10-13,17H,4-9H2,1-3H3,(H2,15,16,18). The summed E-state index contributed by atoms with van der Waals surface area (Å²) in [5.41, 5.74) is 0. The average molecular weight is 256 g/mol. The fraction of sp³-hybridized carbons (Fsp3) is 0.929. The molecule has 0 aromatic carbocycles. The summed E-state index contributed by atoms with van der Waals surface area (Å²) in [6.07, 6.45) is 5.02. The van der Waals surface area contributed by atoms with E-state index in [0.29, 0.717) is 24.3 Å². The molecule has 0 heterocycles. The van der Waals surface area contributed by atoms with Crippen molar-refractivity contribution in [3.63, 3.8) is 0 Å². The van der Waals surface area contributed by atoms with Gasteiger partial charge < -0.3 is 15.7 Å². The Bertz CT molecular complexity index is 258. The average Bonchev–Trinajstić information content (AvgIpc) is 2.34. The van der Waals surface area contributed by atoms with Crippen molar-refractivity contribution in [1.82, 2.24) is 10.6 Å². The molecule has 3 N–H and O–H groups in total. The molecule has 1 aliphatic rings.